The van der Waals surface area contributed by atoms with Crippen molar-refractivity contribution in [2.45, 2.75) is 57.2 Å². The maximum absolute atomic E-state index is 13.1. The lowest BCUT2D eigenvalue weighted by Gasteiger charge is -2.48. The molecule has 0 aliphatic carbocycles. The van der Waals surface area contributed by atoms with Gasteiger partial charge >= 0.3 is 0 Å². The normalized spacial score (nSPS) is 25.8. The number of carbonyl (C=O) groups excluding carboxylic acids is 1. The van der Waals surface area contributed by atoms with Crippen LogP contribution in [0, 0.1) is 11.7 Å². The largest absolute Gasteiger partial charge is 0.299 e. The Morgan fingerprint density at radius 1 is 0.923 bits per heavy atom. The maximum atomic E-state index is 13.1. The van der Waals surface area contributed by atoms with Gasteiger partial charge < -0.3 is 0 Å². The standard InChI is InChI=1S/C23H26FNO/c24-20-11-9-17(10-12-20)13-23(26)19-14-21-7-4-8-22(15-19)25(21)16-18-5-2-1-3-6-18/h1-3,5-6,9-12,19,21-22H,4,7-8,13-16H2. The van der Waals surface area contributed by atoms with Crippen molar-refractivity contribution in [2.75, 3.05) is 0 Å². The number of halogens is 1. The number of Topliss-reactive ketones (excluding diaryl/α,β-unsaturated/α-hetero) is 1. The molecule has 136 valence electrons. The Balaban J connectivity index is 1.42. The molecular formula is C23H26FNO. The van der Waals surface area contributed by atoms with E-state index in [9.17, 15) is 9.18 Å². The highest BCUT2D eigenvalue weighted by Gasteiger charge is 2.40. The molecular weight excluding hydrogens is 325 g/mol. The van der Waals surface area contributed by atoms with Crippen molar-refractivity contribution in [2.24, 2.45) is 5.92 Å². The minimum Gasteiger partial charge on any atom is -0.299 e. The molecule has 0 aromatic heterocycles. The van der Waals surface area contributed by atoms with E-state index in [4.69, 9.17) is 0 Å². The molecule has 0 amide bonds. The topological polar surface area (TPSA) is 20.3 Å². The van der Waals surface area contributed by atoms with Crippen molar-refractivity contribution in [3.8, 4) is 0 Å². The van der Waals surface area contributed by atoms with Gasteiger partial charge in [-0.1, -0.05) is 48.9 Å². The predicted molar refractivity (Wildman–Crippen MR) is 101 cm³/mol. The molecule has 2 saturated heterocycles. The van der Waals surface area contributed by atoms with E-state index in [0.717, 1.165) is 24.9 Å². The monoisotopic (exact) mass is 351 g/mol. The Hall–Kier alpha value is -2.00. The molecule has 0 spiro atoms. The van der Waals surface area contributed by atoms with Gasteiger partial charge in [-0.15, -0.1) is 0 Å². The number of hydrogen-bond donors (Lipinski definition) is 0. The number of rotatable bonds is 5. The third kappa shape index (κ3) is 3.88. The van der Waals surface area contributed by atoms with Gasteiger partial charge in [0.1, 0.15) is 11.6 Å². The zero-order valence-electron chi connectivity index (χ0n) is 15.1. The fourth-order valence-corrected chi connectivity index (χ4v) is 4.74. The number of benzene rings is 2. The Labute approximate surface area is 155 Å². The molecule has 26 heavy (non-hydrogen) atoms. The van der Waals surface area contributed by atoms with Crippen LogP contribution in [0.25, 0.3) is 0 Å². The highest BCUT2D eigenvalue weighted by Crippen LogP contribution is 2.38. The van der Waals surface area contributed by atoms with Gasteiger partial charge in [0.05, 0.1) is 0 Å². The van der Waals surface area contributed by atoms with Crippen molar-refractivity contribution in [1.29, 1.82) is 0 Å². The van der Waals surface area contributed by atoms with Crippen molar-refractivity contribution in [3.63, 3.8) is 0 Å². The molecule has 2 heterocycles. The van der Waals surface area contributed by atoms with E-state index in [1.54, 1.807) is 12.1 Å². The summed E-state index contributed by atoms with van der Waals surface area (Å²) in [5, 5.41) is 0. The zero-order valence-corrected chi connectivity index (χ0v) is 15.1. The number of nitrogens with zero attached hydrogens (tertiary/aromatic N) is 1. The molecule has 0 N–H and O–H groups in total. The Bertz CT molecular complexity index is 729. The van der Waals surface area contributed by atoms with Gasteiger partial charge in [0.15, 0.2) is 0 Å². The Morgan fingerprint density at radius 3 is 2.23 bits per heavy atom. The van der Waals surface area contributed by atoms with Gasteiger partial charge in [0.25, 0.3) is 0 Å². The second-order valence-corrected chi connectivity index (χ2v) is 7.83. The van der Waals surface area contributed by atoms with E-state index >= 15 is 0 Å². The second kappa shape index (κ2) is 7.71. The molecule has 2 aliphatic heterocycles. The second-order valence-electron chi connectivity index (χ2n) is 7.83. The molecule has 3 heteroatoms. The van der Waals surface area contributed by atoms with Crippen LogP contribution >= 0.6 is 0 Å². The predicted octanol–water partition coefficient (Wildman–Crippen LogP) is 4.77. The first-order valence-electron chi connectivity index (χ1n) is 9.76. The van der Waals surface area contributed by atoms with E-state index in [2.05, 4.69) is 35.2 Å². The molecule has 0 radical (unpaired) electrons. The number of piperidine rings is 2. The van der Waals surface area contributed by atoms with Crippen LogP contribution in [0.2, 0.25) is 0 Å². The van der Waals surface area contributed by atoms with Gasteiger partial charge in [-0.3, -0.25) is 9.69 Å². The summed E-state index contributed by atoms with van der Waals surface area (Å²) >= 11 is 0. The number of hydrogen-bond acceptors (Lipinski definition) is 2. The van der Waals surface area contributed by atoms with Gasteiger partial charge in [-0.25, -0.2) is 4.39 Å². The van der Waals surface area contributed by atoms with Crippen LogP contribution in [0.15, 0.2) is 54.6 Å². The lowest BCUT2D eigenvalue weighted by atomic mass is 9.75. The van der Waals surface area contributed by atoms with Crippen LogP contribution in [0.5, 0.6) is 0 Å². The molecule has 2 atom stereocenters. The van der Waals surface area contributed by atoms with Crippen molar-refractivity contribution in [1.82, 2.24) is 4.90 Å². The summed E-state index contributed by atoms with van der Waals surface area (Å²) < 4.78 is 13.1. The van der Waals surface area contributed by atoms with Crippen LogP contribution < -0.4 is 0 Å². The summed E-state index contributed by atoms with van der Waals surface area (Å²) in [6.45, 7) is 0.995. The van der Waals surface area contributed by atoms with E-state index in [0.29, 0.717) is 24.3 Å². The lowest BCUT2D eigenvalue weighted by molar-refractivity contribution is -0.126. The first kappa shape index (κ1) is 17.4. The average molecular weight is 351 g/mol. The van der Waals surface area contributed by atoms with Crippen LogP contribution in [0.3, 0.4) is 0 Å². The Morgan fingerprint density at radius 2 is 1.58 bits per heavy atom. The summed E-state index contributed by atoms with van der Waals surface area (Å²) in [5.74, 6) is 0.236. The summed E-state index contributed by atoms with van der Waals surface area (Å²) in [6.07, 6.45) is 6.06. The SMILES string of the molecule is O=C(Cc1ccc(F)cc1)C1CC2CCCC(C1)N2Cc1ccccc1. The quantitative estimate of drug-likeness (QED) is 0.773. The van der Waals surface area contributed by atoms with E-state index in [1.807, 2.05) is 0 Å². The van der Waals surface area contributed by atoms with E-state index in [1.165, 1.54) is 37.0 Å². The summed E-state index contributed by atoms with van der Waals surface area (Å²) in [5.41, 5.74) is 2.29. The van der Waals surface area contributed by atoms with Gasteiger partial charge in [-0.2, -0.15) is 0 Å². The highest BCUT2D eigenvalue weighted by molar-refractivity contribution is 5.83. The molecule has 2 unspecified atom stereocenters. The molecule has 2 aliphatic rings. The van der Waals surface area contributed by atoms with Crippen LogP contribution in [-0.2, 0) is 17.8 Å². The number of fused-ring (bicyclic) bond motifs is 2. The van der Waals surface area contributed by atoms with Gasteiger partial charge in [-0.05, 0) is 48.9 Å². The fourth-order valence-electron chi connectivity index (χ4n) is 4.74. The molecule has 4 rings (SSSR count). The third-order valence-electron chi connectivity index (χ3n) is 6.08. The molecule has 0 saturated carbocycles. The van der Waals surface area contributed by atoms with Crippen molar-refractivity contribution < 1.29 is 9.18 Å². The minimum atomic E-state index is -0.245. The summed E-state index contributed by atoms with van der Waals surface area (Å²) in [4.78, 5) is 15.5. The average Bonchev–Trinajstić information content (AvgIpc) is 2.64. The number of ketones is 1. The minimum absolute atomic E-state index is 0.155. The van der Waals surface area contributed by atoms with Crippen LogP contribution in [0.1, 0.15) is 43.2 Å². The number of carbonyl (C=O) groups is 1. The van der Waals surface area contributed by atoms with E-state index < -0.39 is 0 Å². The van der Waals surface area contributed by atoms with Crippen LogP contribution in [0.4, 0.5) is 4.39 Å². The van der Waals surface area contributed by atoms with Crippen molar-refractivity contribution in [3.05, 3.63) is 71.5 Å². The molecule has 2 bridgehead atoms. The summed E-state index contributed by atoms with van der Waals surface area (Å²) in [7, 11) is 0. The van der Waals surface area contributed by atoms with Crippen LogP contribution in [-0.4, -0.2) is 22.8 Å². The molecule has 2 fully saturated rings. The van der Waals surface area contributed by atoms with E-state index in [-0.39, 0.29) is 11.7 Å². The molecule has 2 aromatic carbocycles. The molecule has 2 aromatic rings. The third-order valence-corrected chi connectivity index (χ3v) is 6.08. The first-order valence-corrected chi connectivity index (χ1v) is 9.76. The smallest absolute Gasteiger partial charge is 0.140 e. The maximum Gasteiger partial charge on any atom is 0.140 e. The fraction of sp³-hybridized carbons (Fsp3) is 0.435. The van der Waals surface area contributed by atoms with Gasteiger partial charge in [0.2, 0.25) is 0 Å². The summed E-state index contributed by atoms with van der Waals surface area (Å²) in [6, 6.07) is 18.0. The van der Waals surface area contributed by atoms with Gasteiger partial charge in [0, 0.05) is 31.0 Å². The zero-order chi connectivity index (χ0) is 17.9. The first-order chi connectivity index (χ1) is 12.7. The molecule has 2 nitrogen and oxygen atoms in total. The lowest BCUT2D eigenvalue weighted by Crippen LogP contribution is -2.52. The Kier molecular flexibility index (Phi) is 5.16. The highest BCUT2D eigenvalue weighted by atomic mass is 19.1. The van der Waals surface area contributed by atoms with Crippen molar-refractivity contribution >= 4 is 5.78 Å².